The van der Waals surface area contributed by atoms with Gasteiger partial charge in [0.1, 0.15) is 6.04 Å². The number of esters is 1. The fourth-order valence-corrected chi connectivity index (χ4v) is 2.53. The second kappa shape index (κ2) is 5.52. The molecule has 17 heavy (non-hydrogen) atoms. The molecule has 1 fully saturated rings. The molecule has 0 spiro atoms. The standard InChI is InChI=1S/C13H16ClNO2/c1-17-13(16)12-8-4-7-11(15-12)9-5-2-3-6-10(9)14/h2-3,5-6,11-12,15H,4,7-8H2,1H3. The Balaban J connectivity index is 2.12. The van der Waals surface area contributed by atoms with Crippen molar-refractivity contribution in [3.8, 4) is 0 Å². The van der Waals surface area contributed by atoms with E-state index in [0.29, 0.717) is 0 Å². The summed E-state index contributed by atoms with van der Waals surface area (Å²) >= 11 is 6.16. The Bertz CT molecular complexity index is 408. The van der Waals surface area contributed by atoms with Crippen LogP contribution in [0.3, 0.4) is 0 Å². The molecule has 0 radical (unpaired) electrons. The lowest BCUT2D eigenvalue weighted by Gasteiger charge is -2.30. The number of methoxy groups -OCH3 is 1. The third-order valence-corrected chi connectivity index (χ3v) is 3.50. The van der Waals surface area contributed by atoms with Crippen molar-refractivity contribution in [2.45, 2.75) is 31.3 Å². The van der Waals surface area contributed by atoms with Gasteiger partial charge >= 0.3 is 5.97 Å². The summed E-state index contributed by atoms with van der Waals surface area (Å²) in [5.74, 6) is -0.193. The molecular weight excluding hydrogens is 238 g/mol. The van der Waals surface area contributed by atoms with Crippen LogP contribution in [0.5, 0.6) is 0 Å². The summed E-state index contributed by atoms with van der Waals surface area (Å²) in [5.41, 5.74) is 1.06. The fraction of sp³-hybridized carbons (Fsp3) is 0.462. The first-order chi connectivity index (χ1) is 8.22. The van der Waals surface area contributed by atoms with Crippen LogP contribution in [0, 0.1) is 0 Å². The molecule has 0 saturated carbocycles. The molecule has 1 heterocycles. The van der Waals surface area contributed by atoms with Crippen LogP contribution < -0.4 is 5.32 Å². The molecular formula is C13H16ClNO2. The normalized spacial score (nSPS) is 24.4. The first-order valence-corrected chi connectivity index (χ1v) is 6.18. The average Bonchev–Trinajstić information content (AvgIpc) is 2.38. The van der Waals surface area contributed by atoms with E-state index in [4.69, 9.17) is 16.3 Å². The molecule has 1 aromatic carbocycles. The molecule has 2 unspecified atom stereocenters. The van der Waals surface area contributed by atoms with Crippen molar-refractivity contribution in [3.63, 3.8) is 0 Å². The van der Waals surface area contributed by atoms with Crippen molar-refractivity contribution in [3.05, 3.63) is 34.9 Å². The van der Waals surface area contributed by atoms with Crippen LogP contribution in [0.25, 0.3) is 0 Å². The summed E-state index contributed by atoms with van der Waals surface area (Å²) in [7, 11) is 1.42. The number of hydrogen-bond donors (Lipinski definition) is 1. The van der Waals surface area contributed by atoms with Gasteiger partial charge < -0.3 is 4.74 Å². The van der Waals surface area contributed by atoms with Crippen molar-refractivity contribution < 1.29 is 9.53 Å². The zero-order valence-corrected chi connectivity index (χ0v) is 10.5. The highest BCUT2D eigenvalue weighted by Gasteiger charge is 2.28. The van der Waals surface area contributed by atoms with Gasteiger partial charge in [0.25, 0.3) is 0 Å². The van der Waals surface area contributed by atoms with Gasteiger partial charge in [0.2, 0.25) is 0 Å². The van der Waals surface area contributed by atoms with E-state index in [1.54, 1.807) is 0 Å². The molecule has 3 nitrogen and oxygen atoms in total. The molecule has 2 rings (SSSR count). The molecule has 4 heteroatoms. The Morgan fingerprint density at radius 2 is 2.18 bits per heavy atom. The predicted octanol–water partition coefficient (Wildman–Crippen LogP) is 2.70. The molecule has 1 aliphatic heterocycles. The zero-order valence-electron chi connectivity index (χ0n) is 9.78. The topological polar surface area (TPSA) is 38.3 Å². The fourth-order valence-electron chi connectivity index (χ4n) is 2.27. The molecule has 0 amide bonds. The van der Waals surface area contributed by atoms with Gasteiger partial charge in [-0.2, -0.15) is 0 Å². The number of carbonyl (C=O) groups excluding carboxylic acids is 1. The highest BCUT2D eigenvalue weighted by Crippen LogP contribution is 2.30. The highest BCUT2D eigenvalue weighted by molar-refractivity contribution is 6.31. The molecule has 1 aromatic rings. The van der Waals surface area contributed by atoms with Crippen molar-refractivity contribution in [1.82, 2.24) is 5.32 Å². The Kier molecular flexibility index (Phi) is 4.02. The lowest BCUT2D eigenvalue weighted by molar-refractivity contribution is -0.144. The largest absolute Gasteiger partial charge is 0.468 e. The van der Waals surface area contributed by atoms with E-state index in [-0.39, 0.29) is 18.1 Å². The third-order valence-electron chi connectivity index (χ3n) is 3.15. The van der Waals surface area contributed by atoms with Crippen LogP contribution in [-0.4, -0.2) is 19.1 Å². The smallest absolute Gasteiger partial charge is 0.322 e. The van der Waals surface area contributed by atoms with Crippen LogP contribution >= 0.6 is 11.6 Å². The number of benzene rings is 1. The minimum Gasteiger partial charge on any atom is -0.468 e. The van der Waals surface area contributed by atoms with Gasteiger partial charge in [0.15, 0.2) is 0 Å². The van der Waals surface area contributed by atoms with Crippen molar-refractivity contribution >= 4 is 17.6 Å². The number of nitrogens with one attached hydrogen (secondary N) is 1. The SMILES string of the molecule is COC(=O)C1CCCC(c2ccccc2Cl)N1. The summed E-state index contributed by atoms with van der Waals surface area (Å²) in [6.07, 6.45) is 2.83. The molecule has 92 valence electrons. The van der Waals surface area contributed by atoms with E-state index in [9.17, 15) is 4.79 Å². The van der Waals surface area contributed by atoms with Crippen LogP contribution in [0.1, 0.15) is 30.9 Å². The van der Waals surface area contributed by atoms with E-state index in [1.807, 2.05) is 24.3 Å². The van der Waals surface area contributed by atoms with Crippen molar-refractivity contribution in [2.75, 3.05) is 7.11 Å². The Hall–Kier alpha value is -1.06. The van der Waals surface area contributed by atoms with Gasteiger partial charge in [-0.1, -0.05) is 29.8 Å². The van der Waals surface area contributed by atoms with Crippen LogP contribution in [0.15, 0.2) is 24.3 Å². The van der Waals surface area contributed by atoms with E-state index >= 15 is 0 Å². The highest BCUT2D eigenvalue weighted by atomic mass is 35.5. The second-order valence-corrected chi connectivity index (χ2v) is 4.65. The van der Waals surface area contributed by atoms with Crippen LogP contribution in [0.4, 0.5) is 0 Å². The van der Waals surface area contributed by atoms with E-state index in [2.05, 4.69) is 5.32 Å². The lowest BCUT2D eigenvalue weighted by atomic mass is 9.93. The molecule has 1 aliphatic rings. The van der Waals surface area contributed by atoms with E-state index in [1.165, 1.54) is 7.11 Å². The summed E-state index contributed by atoms with van der Waals surface area (Å²) < 4.78 is 4.77. The molecule has 0 bridgehead atoms. The molecule has 2 atom stereocenters. The van der Waals surface area contributed by atoms with Gasteiger partial charge in [0.05, 0.1) is 7.11 Å². The monoisotopic (exact) mass is 253 g/mol. The minimum absolute atomic E-state index is 0.140. The first-order valence-electron chi connectivity index (χ1n) is 5.80. The molecule has 0 aliphatic carbocycles. The summed E-state index contributed by atoms with van der Waals surface area (Å²) in [5, 5.41) is 4.05. The number of ether oxygens (including phenoxy) is 1. The number of carbonyl (C=O) groups is 1. The summed E-state index contributed by atoms with van der Waals surface area (Å²) in [6.45, 7) is 0. The van der Waals surface area contributed by atoms with Crippen molar-refractivity contribution in [2.24, 2.45) is 0 Å². The van der Waals surface area contributed by atoms with Gasteiger partial charge in [-0.05, 0) is 30.9 Å². The molecule has 1 saturated heterocycles. The van der Waals surface area contributed by atoms with Crippen LogP contribution in [-0.2, 0) is 9.53 Å². The van der Waals surface area contributed by atoms with Gasteiger partial charge in [-0.15, -0.1) is 0 Å². The predicted molar refractivity (Wildman–Crippen MR) is 67.0 cm³/mol. The van der Waals surface area contributed by atoms with Gasteiger partial charge in [-0.3, -0.25) is 10.1 Å². The average molecular weight is 254 g/mol. The Morgan fingerprint density at radius 1 is 1.41 bits per heavy atom. The minimum atomic E-state index is -0.213. The van der Waals surface area contributed by atoms with Gasteiger partial charge in [0, 0.05) is 11.1 Å². The molecule has 1 N–H and O–H groups in total. The zero-order chi connectivity index (χ0) is 12.3. The van der Waals surface area contributed by atoms with Crippen molar-refractivity contribution in [1.29, 1.82) is 0 Å². The number of hydrogen-bond acceptors (Lipinski definition) is 3. The summed E-state index contributed by atoms with van der Waals surface area (Å²) in [6, 6.07) is 7.67. The summed E-state index contributed by atoms with van der Waals surface area (Å²) in [4.78, 5) is 11.5. The maximum absolute atomic E-state index is 11.5. The molecule has 0 aromatic heterocycles. The van der Waals surface area contributed by atoms with Crippen LogP contribution in [0.2, 0.25) is 5.02 Å². The van der Waals surface area contributed by atoms with Gasteiger partial charge in [-0.25, -0.2) is 0 Å². The quantitative estimate of drug-likeness (QED) is 0.824. The number of halogens is 1. The van der Waals surface area contributed by atoms with E-state index in [0.717, 1.165) is 29.8 Å². The van der Waals surface area contributed by atoms with E-state index < -0.39 is 0 Å². The Labute approximate surface area is 106 Å². The third kappa shape index (κ3) is 2.79. The number of piperidine rings is 1. The second-order valence-electron chi connectivity index (χ2n) is 4.25. The maximum Gasteiger partial charge on any atom is 0.322 e. The maximum atomic E-state index is 11.5. The Morgan fingerprint density at radius 3 is 2.88 bits per heavy atom. The lowest BCUT2D eigenvalue weighted by Crippen LogP contribution is -2.43. The first kappa shape index (κ1) is 12.4. The number of rotatable bonds is 2.